The van der Waals surface area contributed by atoms with Gasteiger partial charge in [0.1, 0.15) is 0 Å². The molecular weight excluding hydrogens is 598 g/mol. The largest absolute Gasteiger partial charge is 0.494 e. The smallest absolute Gasteiger partial charge is 0.432 e. The average Bonchev–Trinajstić information content (AvgIpc) is 3.62. The third kappa shape index (κ3) is 5.77. The van der Waals surface area contributed by atoms with Crippen molar-refractivity contribution in [1.82, 2.24) is 0 Å². The molecule has 1 saturated heterocycles. The lowest BCUT2D eigenvalue weighted by atomic mass is 9.58. The van der Waals surface area contributed by atoms with Gasteiger partial charge in [0.05, 0.1) is 26.4 Å². The Morgan fingerprint density at radius 3 is 1.62 bits per heavy atom. The molecule has 0 aromatic heterocycles. The van der Waals surface area contributed by atoms with Crippen molar-refractivity contribution in [3.63, 3.8) is 0 Å². The van der Waals surface area contributed by atoms with E-state index >= 15 is 0 Å². The van der Waals surface area contributed by atoms with Gasteiger partial charge in [-0.3, -0.25) is 0 Å². The summed E-state index contributed by atoms with van der Waals surface area (Å²) in [5.74, 6) is 0. The average molecular weight is 646 g/mol. The highest BCUT2D eigenvalue weighted by Crippen LogP contribution is 2.60. The Morgan fingerprint density at radius 1 is 0.688 bits per heavy atom. The summed E-state index contributed by atoms with van der Waals surface area (Å²) in [6.07, 6.45) is 0. The predicted molar refractivity (Wildman–Crippen MR) is 195 cm³/mol. The summed E-state index contributed by atoms with van der Waals surface area (Å²) < 4.78 is 31.9. The lowest BCUT2D eigenvalue weighted by Crippen LogP contribution is -2.56. The molecule has 0 radical (unpaired) electrons. The number of rotatable bonds is 9. The van der Waals surface area contributed by atoms with Crippen LogP contribution in [0.4, 0.5) is 0 Å². The lowest BCUT2D eigenvalue weighted by molar-refractivity contribution is -0.154. The first-order valence-electron chi connectivity index (χ1n) is 16.9. The first-order valence-corrected chi connectivity index (χ1v) is 16.9. The van der Waals surface area contributed by atoms with Crippen LogP contribution in [0, 0.1) is 0 Å². The Labute approximate surface area is 287 Å². The molecule has 2 aliphatic rings. The zero-order chi connectivity index (χ0) is 34.3. The number of fused-ring (bicyclic) bond motifs is 3. The number of hydrogen-bond acceptors (Lipinski definition) is 6. The van der Waals surface area contributed by atoms with Gasteiger partial charge in [-0.05, 0) is 60.8 Å². The van der Waals surface area contributed by atoms with E-state index < -0.39 is 18.3 Å². The first-order chi connectivity index (χ1) is 22.9. The molecule has 4 aromatic carbocycles. The molecule has 0 bridgehead atoms. The minimum Gasteiger partial charge on any atom is -0.432 e. The maximum atomic E-state index is 9.41. The molecule has 2 unspecified atom stereocenters. The Balaban J connectivity index is 1.72. The van der Waals surface area contributed by atoms with E-state index in [2.05, 4.69) is 126 Å². The van der Waals surface area contributed by atoms with Gasteiger partial charge in [-0.15, -0.1) is 0 Å². The van der Waals surface area contributed by atoms with Gasteiger partial charge < -0.3 is 28.5 Å². The molecule has 0 amide bonds. The van der Waals surface area contributed by atoms with Crippen molar-refractivity contribution in [2.24, 2.45) is 0 Å². The molecule has 2 atom stereocenters. The summed E-state index contributed by atoms with van der Waals surface area (Å²) in [7, 11) is 3.47. The summed E-state index contributed by atoms with van der Waals surface area (Å²) in [5, 5.41) is 9.41. The highest BCUT2D eigenvalue weighted by molar-refractivity contribution is 6.61. The lowest BCUT2D eigenvalue weighted by Gasteiger charge is -2.54. The second kappa shape index (κ2) is 13.2. The molecule has 250 valence electrons. The van der Waals surface area contributed by atoms with Crippen LogP contribution in [0.25, 0.3) is 11.1 Å². The van der Waals surface area contributed by atoms with Crippen LogP contribution in [-0.4, -0.2) is 60.4 Å². The van der Waals surface area contributed by atoms with Gasteiger partial charge >= 0.3 is 14.6 Å². The normalized spacial score (nSPS) is 20.8. The molecule has 48 heavy (non-hydrogen) atoms. The number of ether oxygens (including phenoxy) is 2. The first kappa shape index (κ1) is 34.6. The van der Waals surface area contributed by atoms with E-state index in [1.54, 1.807) is 14.2 Å². The van der Waals surface area contributed by atoms with Crippen molar-refractivity contribution in [3.8, 4) is 11.1 Å². The highest BCUT2D eigenvalue weighted by atomic mass is 16.6. The number of methoxy groups -OCH3 is 2. The third-order valence-electron chi connectivity index (χ3n) is 10.00. The van der Waals surface area contributed by atoms with Crippen LogP contribution in [0.5, 0.6) is 0 Å². The van der Waals surface area contributed by atoms with E-state index in [9.17, 15) is 5.11 Å². The molecule has 1 aliphatic carbocycles. The topological polar surface area (TPSA) is 66.4 Å². The zero-order valence-electron chi connectivity index (χ0n) is 29.7. The minimum absolute atomic E-state index is 0.0231. The predicted octanol–water partition coefficient (Wildman–Crippen LogP) is 5.47. The van der Waals surface area contributed by atoms with Crippen molar-refractivity contribution >= 4 is 25.5 Å². The molecule has 0 spiro atoms. The van der Waals surface area contributed by atoms with E-state index in [1.165, 1.54) is 11.1 Å². The van der Waals surface area contributed by atoms with Crippen LogP contribution in [0.1, 0.15) is 74.9 Å². The molecule has 4 aromatic rings. The van der Waals surface area contributed by atoms with Gasteiger partial charge in [-0.25, -0.2) is 0 Å². The SMILES string of the molecule is COC1(c2ccc(C(C)(C)C)cc2)c2cc(BOCCO)ccc2-c2ccc(B3OCCO3)cc2C1(OC)c1ccc(C(C)(C)C)cc1. The van der Waals surface area contributed by atoms with Gasteiger partial charge in [0.25, 0.3) is 0 Å². The van der Waals surface area contributed by atoms with Crippen LogP contribution >= 0.6 is 0 Å². The molecule has 1 aliphatic heterocycles. The van der Waals surface area contributed by atoms with Crippen molar-refractivity contribution in [1.29, 1.82) is 0 Å². The number of aliphatic hydroxyl groups is 1. The molecule has 0 saturated carbocycles. The molecule has 8 heteroatoms. The monoisotopic (exact) mass is 646 g/mol. The van der Waals surface area contributed by atoms with Gasteiger partial charge in [-0.1, -0.05) is 132 Å². The Morgan fingerprint density at radius 2 is 1.17 bits per heavy atom. The summed E-state index contributed by atoms with van der Waals surface area (Å²) in [6.45, 7) is 14.7. The molecule has 6 nitrogen and oxygen atoms in total. The molecule has 6 rings (SSSR count). The van der Waals surface area contributed by atoms with Gasteiger partial charge in [0.15, 0.2) is 11.2 Å². The summed E-state index contributed by atoms with van der Waals surface area (Å²) in [5.41, 5.74) is 8.07. The Kier molecular flexibility index (Phi) is 9.55. The van der Waals surface area contributed by atoms with Crippen molar-refractivity contribution in [3.05, 3.63) is 118 Å². The van der Waals surface area contributed by atoms with E-state index in [4.69, 9.17) is 23.4 Å². The van der Waals surface area contributed by atoms with Crippen LogP contribution in [0.3, 0.4) is 0 Å². The van der Waals surface area contributed by atoms with Crippen LogP contribution < -0.4 is 10.9 Å². The van der Waals surface area contributed by atoms with Crippen LogP contribution in [0.2, 0.25) is 0 Å². The maximum Gasteiger partial charge on any atom is 0.494 e. The number of benzene rings is 4. The second-order valence-corrected chi connectivity index (χ2v) is 15.0. The summed E-state index contributed by atoms with van der Waals surface area (Å²) in [6, 6.07) is 30.5. The highest BCUT2D eigenvalue weighted by Gasteiger charge is 2.61. The Hall–Kier alpha value is -3.23. The van der Waals surface area contributed by atoms with E-state index in [-0.39, 0.29) is 24.0 Å². The summed E-state index contributed by atoms with van der Waals surface area (Å²) >= 11 is 0. The standard InChI is InChI=1S/C40H48B2O6/c1-37(2,3)27-9-13-29(14-10-27)39(44-7)35-25-31(41-46-22-21-43)17-19-33(35)34-20-18-32(42-47-23-24-48-42)26-36(34)40(39,45-8)30-15-11-28(12-16-30)38(4,5)6/h9-20,25-26,41,43H,21-24H2,1-8H3. The van der Waals surface area contributed by atoms with Crippen LogP contribution in [-0.2, 0) is 45.5 Å². The van der Waals surface area contributed by atoms with Crippen molar-refractivity contribution < 1.29 is 28.5 Å². The van der Waals surface area contributed by atoms with E-state index in [0.717, 1.165) is 44.3 Å². The maximum absolute atomic E-state index is 9.41. The van der Waals surface area contributed by atoms with E-state index in [1.807, 2.05) is 0 Å². The van der Waals surface area contributed by atoms with Gasteiger partial charge in [0.2, 0.25) is 0 Å². The van der Waals surface area contributed by atoms with Gasteiger partial charge in [0, 0.05) is 14.2 Å². The number of hydrogen-bond donors (Lipinski definition) is 1. The van der Waals surface area contributed by atoms with Crippen LogP contribution in [0.15, 0.2) is 84.9 Å². The van der Waals surface area contributed by atoms with Crippen molar-refractivity contribution in [2.45, 2.75) is 63.6 Å². The molecular formula is C40H48B2O6. The fourth-order valence-corrected chi connectivity index (χ4v) is 7.50. The molecule has 1 N–H and O–H groups in total. The third-order valence-corrected chi connectivity index (χ3v) is 10.00. The quantitative estimate of drug-likeness (QED) is 0.192. The van der Waals surface area contributed by atoms with Crippen molar-refractivity contribution in [2.75, 3.05) is 40.6 Å². The van der Waals surface area contributed by atoms with E-state index in [0.29, 0.717) is 20.7 Å². The fourth-order valence-electron chi connectivity index (χ4n) is 7.50. The summed E-state index contributed by atoms with van der Waals surface area (Å²) in [4.78, 5) is 0. The fraction of sp³-hybridized carbons (Fsp3) is 0.400. The second-order valence-electron chi connectivity index (χ2n) is 15.0. The molecule has 1 fully saturated rings. The minimum atomic E-state index is -1.14. The number of aliphatic hydroxyl groups excluding tert-OH is 1. The molecule has 1 heterocycles. The van der Waals surface area contributed by atoms with Gasteiger partial charge in [-0.2, -0.15) is 0 Å². The zero-order valence-corrected chi connectivity index (χ0v) is 29.7. The Bertz CT molecular complexity index is 1740.